The van der Waals surface area contributed by atoms with Crippen LogP contribution in [-0.2, 0) is 6.54 Å². The molecule has 5 nitrogen and oxygen atoms in total. The van der Waals surface area contributed by atoms with Crippen LogP contribution in [-0.4, -0.2) is 33.4 Å². The average Bonchev–Trinajstić information content (AvgIpc) is 3.08. The number of halogens is 1. The minimum atomic E-state index is -0.504. The van der Waals surface area contributed by atoms with Crippen molar-refractivity contribution < 1.29 is 13.9 Å². The highest BCUT2D eigenvalue weighted by atomic mass is 32.2. The summed E-state index contributed by atoms with van der Waals surface area (Å²) in [6.45, 7) is 4.93. The first-order valence-electron chi connectivity index (χ1n) is 8.97. The van der Waals surface area contributed by atoms with E-state index >= 15 is 0 Å². The number of benzene rings is 2. The molecule has 0 aliphatic rings. The number of methoxy groups -OCH3 is 1. The molecule has 0 fully saturated rings. The Hall–Kier alpha value is -2.67. The lowest BCUT2D eigenvalue weighted by Crippen LogP contribution is -2.10. The number of ether oxygens (including phenoxy) is 1. The highest BCUT2D eigenvalue weighted by Gasteiger charge is 2.18. The van der Waals surface area contributed by atoms with Gasteiger partial charge in [-0.1, -0.05) is 37.7 Å². The molecule has 0 amide bonds. The number of carbonyl (C=O) groups excluding carboxylic acids is 1. The summed E-state index contributed by atoms with van der Waals surface area (Å²) in [7, 11) is 1.62. The van der Waals surface area contributed by atoms with Crippen molar-refractivity contribution in [2.24, 2.45) is 5.92 Å². The fourth-order valence-corrected chi connectivity index (χ4v) is 3.61. The number of rotatable bonds is 8. The predicted octanol–water partition coefficient (Wildman–Crippen LogP) is 4.72. The summed E-state index contributed by atoms with van der Waals surface area (Å²) in [6.07, 6.45) is 0. The molecule has 0 saturated heterocycles. The number of ketones is 1. The Kier molecular flexibility index (Phi) is 6.46. The molecular formula is C21H22FN3O2S. The Morgan fingerprint density at radius 1 is 1.14 bits per heavy atom. The van der Waals surface area contributed by atoms with E-state index in [0.717, 1.165) is 17.1 Å². The zero-order valence-electron chi connectivity index (χ0n) is 16.1. The third-order valence-corrected chi connectivity index (χ3v) is 5.09. The lowest BCUT2D eigenvalue weighted by atomic mass is 10.1. The van der Waals surface area contributed by atoms with Gasteiger partial charge in [0.1, 0.15) is 11.6 Å². The summed E-state index contributed by atoms with van der Waals surface area (Å²) < 4.78 is 21.0. The van der Waals surface area contributed by atoms with Crippen LogP contribution in [0.2, 0.25) is 0 Å². The molecule has 0 unspecified atom stereocenters. The molecule has 3 aromatic rings. The predicted molar refractivity (Wildman–Crippen MR) is 108 cm³/mol. The molecule has 0 atom stereocenters. The lowest BCUT2D eigenvalue weighted by Gasteiger charge is -2.12. The number of Topliss-reactive ketones (excluding diaryl/α,β-unsaturated/α-hetero) is 1. The second kappa shape index (κ2) is 9.01. The third-order valence-electron chi connectivity index (χ3n) is 4.12. The van der Waals surface area contributed by atoms with Crippen molar-refractivity contribution in [3.8, 4) is 17.1 Å². The molecule has 146 valence electrons. The number of carbonyl (C=O) groups is 1. The molecular weight excluding hydrogens is 377 g/mol. The maximum atomic E-state index is 13.8. The van der Waals surface area contributed by atoms with Crippen molar-refractivity contribution in [1.29, 1.82) is 0 Å². The van der Waals surface area contributed by atoms with Crippen LogP contribution in [0.3, 0.4) is 0 Å². The molecule has 0 saturated carbocycles. The van der Waals surface area contributed by atoms with Gasteiger partial charge in [0.05, 0.1) is 18.4 Å². The van der Waals surface area contributed by atoms with Gasteiger partial charge in [-0.25, -0.2) is 4.39 Å². The molecule has 0 bridgehead atoms. The highest BCUT2D eigenvalue weighted by Crippen LogP contribution is 2.27. The quantitative estimate of drug-likeness (QED) is 0.405. The molecule has 7 heteroatoms. The fraction of sp³-hybridized carbons (Fsp3) is 0.286. The number of nitrogens with zero attached hydrogens (tertiary/aromatic N) is 3. The van der Waals surface area contributed by atoms with Crippen molar-refractivity contribution in [3.63, 3.8) is 0 Å². The zero-order valence-corrected chi connectivity index (χ0v) is 16.9. The van der Waals surface area contributed by atoms with Gasteiger partial charge in [0, 0.05) is 12.1 Å². The summed E-state index contributed by atoms with van der Waals surface area (Å²) in [6, 6.07) is 13.6. The molecule has 0 aliphatic carbocycles. The van der Waals surface area contributed by atoms with Crippen LogP contribution in [0.4, 0.5) is 4.39 Å². The maximum Gasteiger partial charge on any atom is 0.191 e. The third kappa shape index (κ3) is 4.59. The van der Waals surface area contributed by atoms with Gasteiger partial charge in [0.2, 0.25) is 0 Å². The topological polar surface area (TPSA) is 57.0 Å². The summed E-state index contributed by atoms with van der Waals surface area (Å²) in [5, 5.41) is 9.25. The number of hydrogen-bond acceptors (Lipinski definition) is 5. The van der Waals surface area contributed by atoms with Gasteiger partial charge in [-0.15, -0.1) is 10.2 Å². The molecule has 28 heavy (non-hydrogen) atoms. The summed E-state index contributed by atoms with van der Waals surface area (Å²) in [4.78, 5) is 12.4. The molecule has 2 aromatic carbocycles. The standard InChI is InChI=1S/C21H22FN3O2S/c1-14(2)12-25-20(15-8-10-16(27-3)11-9-15)23-24-21(25)28-13-19(26)17-6-4-5-7-18(17)22/h4-11,14H,12-13H2,1-3H3. The van der Waals surface area contributed by atoms with Crippen molar-refractivity contribution >= 4 is 17.5 Å². The van der Waals surface area contributed by atoms with Crippen molar-refractivity contribution in [2.45, 2.75) is 25.5 Å². The number of aromatic nitrogens is 3. The van der Waals surface area contributed by atoms with Gasteiger partial charge in [0.15, 0.2) is 16.8 Å². The SMILES string of the molecule is COc1ccc(-c2nnc(SCC(=O)c3ccccc3F)n2CC(C)C)cc1. The maximum absolute atomic E-state index is 13.8. The van der Waals surface area contributed by atoms with Crippen LogP contribution >= 0.6 is 11.8 Å². The van der Waals surface area contributed by atoms with E-state index in [4.69, 9.17) is 4.74 Å². The Labute approximate surface area is 167 Å². The van der Waals surface area contributed by atoms with Crippen molar-refractivity contribution in [1.82, 2.24) is 14.8 Å². The summed E-state index contributed by atoms with van der Waals surface area (Å²) in [5.41, 5.74) is 1.02. The van der Waals surface area contributed by atoms with Gasteiger partial charge in [-0.2, -0.15) is 0 Å². The second-order valence-corrected chi connectivity index (χ2v) is 7.67. The van der Waals surface area contributed by atoms with E-state index in [1.165, 1.54) is 23.9 Å². The number of thioether (sulfide) groups is 1. The largest absolute Gasteiger partial charge is 0.497 e. The first kappa shape index (κ1) is 20.1. The van der Waals surface area contributed by atoms with Crippen LogP contribution in [0.5, 0.6) is 5.75 Å². The van der Waals surface area contributed by atoms with E-state index < -0.39 is 5.82 Å². The summed E-state index contributed by atoms with van der Waals surface area (Å²) >= 11 is 1.27. The monoisotopic (exact) mass is 399 g/mol. The van der Waals surface area contributed by atoms with Crippen LogP contribution in [0.15, 0.2) is 53.7 Å². The molecule has 0 spiro atoms. The van der Waals surface area contributed by atoms with E-state index in [9.17, 15) is 9.18 Å². The van der Waals surface area contributed by atoms with Gasteiger partial charge in [-0.3, -0.25) is 4.79 Å². The number of hydrogen-bond donors (Lipinski definition) is 0. The minimum Gasteiger partial charge on any atom is -0.497 e. The van der Waals surface area contributed by atoms with E-state index in [-0.39, 0.29) is 17.1 Å². The molecule has 0 radical (unpaired) electrons. The first-order valence-corrected chi connectivity index (χ1v) is 9.96. The van der Waals surface area contributed by atoms with Crippen molar-refractivity contribution in [2.75, 3.05) is 12.9 Å². The highest BCUT2D eigenvalue weighted by molar-refractivity contribution is 7.99. The van der Waals surface area contributed by atoms with Gasteiger partial charge in [0.25, 0.3) is 0 Å². The van der Waals surface area contributed by atoms with E-state index in [1.54, 1.807) is 19.2 Å². The smallest absolute Gasteiger partial charge is 0.191 e. The Morgan fingerprint density at radius 3 is 2.50 bits per heavy atom. The fourth-order valence-electron chi connectivity index (χ4n) is 2.77. The zero-order chi connectivity index (χ0) is 20.1. The minimum absolute atomic E-state index is 0.0970. The lowest BCUT2D eigenvalue weighted by molar-refractivity contribution is 0.101. The van der Waals surface area contributed by atoms with E-state index in [2.05, 4.69) is 24.0 Å². The van der Waals surface area contributed by atoms with Crippen LogP contribution in [0.25, 0.3) is 11.4 Å². The van der Waals surface area contributed by atoms with Crippen LogP contribution in [0, 0.1) is 11.7 Å². The van der Waals surface area contributed by atoms with Gasteiger partial charge >= 0.3 is 0 Å². The van der Waals surface area contributed by atoms with Crippen LogP contribution in [0.1, 0.15) is 24.2 Å². The molecule has 1 heterocycles. The Morgan fingerprint density at radius 2 is 1.86 bits per heavy atom. The van der Waals surface area contributed by atoms with Crippen molar-refractivity contribution in [3.05, 3.63) is 59.9 Å². The van der Waals surface area contributed by atoms with Crippen LogP contribution < -0.4 is 4.74 Å². The molecule has 0 N–H and O–H groups in total. The van der Waals surface area contributed by atoms with Gasteiger partial charge < -0.3 is 9.30 Å². The second-order valence-electron chi connectivity index (χ2n) is 6.73. The van der Waals surface area contributed by atoms with E-state index in [1.807, 2.05) is 28.8 Å². The molecule has 1 aromatic heterocycles. The van der Waals surface area contributed by atoms with E-state index in [0.29, 0.717) is 17.6 Å². The molecule has 0 aliphatic heterocycles. The Bertz CT molecular complexity index is 955. The average molecular weight is 399 g/mol. The first-order chi connectivity index (χ1) is 13.5. The summed E-state index contributed by atoms with van der Waals surface area (Å²) in [5.74, 6) is 1.19. The van der Waals surface area contributed by atoms with Gasteiger partial charge in [-0.05, 0) is 42.3 Å². The normalized spacial score (nSPS) is 11.0. The Balaban J connectivity index is 1.83. The molecule has 3 rings (SSSR count).